The molecular formula is C13H24N2O4S. The highest BCUT2D eigenvalue weighted by Gasteiger charge is 2.22. The smallest absolute Gasteiger partial charge is 0.327 e. The third-order valence-electron chi connectivity index (χ3n) is 2.59. The maximum Gasteiger partial charge on any atom is 0.327 e. The quantitative estimate of drug-likeness (QED) is 0.697. The molecular weight excluding hydrogens is 280 g/mol. The fourth-order valence-corrected chi connectivity index (χ4v) is 2.83. The minimum absolute atomic E-state index is 0.0213. The molecule has 0 radical (unpaired) electrons. The van der Waals surface area contributed by atoms with Crippen LogP contribution < -0.4 is 5.32 Å². The van der Waals surface area contributed by atoms with Gasteiger partial charge in [-0.1, -0.05) is 0 Å². The van der Waals surface area contributed by atoms with Crippen LogP contribution in [0, 0.1) is 0 Å². The van der Waals surface area contributed by atoms with Crippen molar-refractivity contribution in [2.24, 2.45) is 0 Å². The van der Waals surface area contributed by atoms with Crippen molar-refractivity contribution in [2.75, 3.05) is 11.5 Å². The number of carboxylic acids is 1. The number of carboxylic acid groups (broad SMARTS) is 1. The second-order valence-electron chi connectivity index (χ2n) is 5.09. The van der Waals surface area contributed by atoms with E-state index >= 15 is 0 Å². The normalized spacial score (nSPS) is 12.3. The molecule has 0 saturated heterocycles. The first-order valence-corrected chi connectivity index (χ1v) is 7.71. The Kier molecular flexibility index (Phi) is 8.29. The highest BCUT2D eigenvalue weighted by Crippen LogP contribution is 2.11. The Hall–Kier alpha value is -1.24. The molecule has 1 unspecified atom stereocenters. The van der Waals surface area contributed by atoms with Gasteiger partial charge in [0.05, 0.1) is 5.75 Å². The molecule has 0 fully saturated rings. The predicted octanol–water partition coefficient (Wildman–Crippen LogP) is 0.954. The van der Waals surface area contributed by atoms with E-state index in [-0.39, 0.29) is 29.5 Å². The zero-order chi connectivity index (χ0) is 15.9. The van der Waals surface area contributed by atoms with Crippen LogP contribution in [0.1, 0.15) is 34.6 Å². The molecule has 116 valence electrons. The first-order valence-electron chi connectivity index (χ1n) is 6.55. The molecule has 1 atom stereocenters. The zero-order valence-corrected chi connectivity index (χ0v) is 13.5. The lowest BCUT2D eigenvalue weighted by Crippen LogP contribution is -2.44. The lowest BCUT2D eigenvalue weighted by molar-refractivity contribution is -0.140. The summed E-state index contributed by atoms with van der Waals surface area (Å²) in [4.78, 5) is 35.7. The molecule has 0 aromatic rings. The molecule has 0 aliphatic rings. The molecule has 0 saturated carbocycles. The average molecular weight is 304 g/mol. The van der Waals surface area contributed by atoms with Crippen molar-refractivity contribution in [3.8, 4) is 0 Å². The molecule has 2 N–H and O–H groups in total. The van der Waals surface area contributed by atoms with Crippen LogP contribution in [0.2, 0.25) is 0 Å². The van der Waals surface area contributed by atoms with Crippen LogP contribution in [0.15, 0.2) is 0 Å². The monoisotopic (exact) mass is 304 g/mol. The first-order chi connectivity index (χ1) is 9.16. The number of hydrogen-bond donors (Lipinski definition) is 2. The van der Waals surface area contributed by atoms with E-state index in [0.29, 0.717) is 0 Å². The number of nitrogens with one attached hydrogen (secondary N) is 1. The number of thioether (sulfide) groups is 1. The van der Waals surface area contributed by atoms with Crippen LogP contribution in [-0.4, -0.2) is 57.4 Å². The van der Waals surface area contributed by atoms with Crippen molar-refractivity contribution in [3.05, 3.63) is 0 Å². The van der Waals surface area contributed by atoms with E-state index < -0.39 is 17.9 Å². The lowest BCUT2D eigenvalue weighted by atomic mass is 10.2. The van der Waals surface area contributed by atoms with Gasteiger partial charge in [0, 0.05) is 24.8 Å². The topological polar surface area (TPSA) is 86.7 Å². The fourth-order valence-electron chi connectivity index (χ4n) is 1.93. The Morgan fingerprint density at radius 3 is 2.00 bits per heavy atom. The molecule has 7 heteroatoms. The second kappa shape index (κ2) is 8.84. The number of carbonyl (C=O) groups excluding carboxylic acids is 2. The standard InChI is InChI=1S/C13H24N2O4S/c1-8(2)15(9(3)4)12(17)7-20-6-11(13(18)19)14-10(5)16/h8-9,11H,6-7H2,1-5H3,(H,14,16)(H,18,19). The molecule has 6 nitrogen and oxygen atoms in total. The van der Waals surface area contributed by atoms with E-state index in [1.807, 2.05) is 27.7 Å². The average Bonchev–Trinajstić information content (AvgIpc) is 2.25. The summed E-state index contributed by atoms with van der Waals surface area (Å²) in [5.41, 5.74) is 0. The third-order valence-corrected chi connectivity index (χ3v) is 3.61. The van der Waals surface area contributed by atoms with Gasteiger partial charge in [0.15, 0.2) is 0 Å². The highest BCUT2D eigenvalue weighted by molar-refractivity contribution is 8.00. The minimum atomic E-state index is -1.09. The van der Waals surface area contributed by atoms with Gasteiger partial charge in [-0.3, -0.25) is 9.59 Å². The minimum Gasteiger partial charge on any atom is -0.480 e. The molecule has 0 aromatic heterocycles. The van der Waals surface area contributed by atoms with E-state index in [9.17, 15) is 14.4 Å². The van der Waals surface area contributed by atoms with Gasteiger partial charge >= 0.3 is 5.97 Å². The fraction of sp³-hybridized carbons (Fsp3) is 0.769. The summed E-state index contributed by atoms with van der Waals surface area (Å²) < 4.78 is 0. The van der Waals surface area contributed by atoms with Gasteiger partial charge in [-0.15, -0.1) is 11.8 Å². The third kappa shape index (κ3) is 6.79. The molecule has 0 aromatic carbocycles. The van der Waals surface area contributed by atoms with Gasteiger partial charge in [0.1, 0.15) is 6.04 Å². The van der Waals surface area contributed by atoms with Crippen LogP contribution in [0.3, 0.4) is 0 Å². The van der Waals surface area contributed by atoms with Crippen LogP contribution in [-0.2, 0) is 14.4 Å². The van der Waals surface area contributed by atoms with Gasteiger partial charge in [-0.05, 0) is 27.7 Å². The lowest BCUT2D eigenvalue weighted by Gasteiger charge is -2.30. The maximum atomic E-state index is 12.1. The van der Waals surface area contributed by atoms with E-state index in [1.54, 1.807) is 4.90 Å². The van der Waals surface area contributed by atoms with Crippen molar-refractivity contribution >= 4 is 29.5 Å². The number of aliphatic carboxylic acids is 1. The summed E-state index contributed by atoms with van der Waals surface area (Å²) in [6, 6.07) is -0.751. The number of carbonyl (C=O) groups is 3. The van der Waals surface area contributed by atoms with Gasteiger partial charge in [0.2, 0.25) is 11.8 Å². The van der Waals surface area contributed by atoms with Crippen LogP contribution in [0.25, 0.3) is 0 Å². The Morgan fingerprint density at radius 1 is 1.15 bits per heavy atom. The first kappa shape index (κ1) is 18.8. The number of rotatable bonds is 8. The van der Waals surface area contributed by atoms with Crippen LogP contribution in [0.4, 0.5) is 0 Å². The van der Waals surface area contributed by atoms with Crippen molar-refractivity contribution in [1.29, 1.82) is 0 Å². The Balaban J connectivity index is 4.36. The van der Waals surface area contributed by atoms with E-state index in [1.165, 1.54) is 18.7 Å². The maximum absolute atomic E-state index is 12.1. The molecule has 0 heterocycles. The summed E-state index contributed by atoms with van der Waals surface area (Å²) in [7, 11) is 0. The summed E-state index contributed by atoms with van der Waals surface area (Å²) >= 11 is 1.22. The van der Waals surface area contributed by atoms with E-state index in [2.05, 4.69) is 5.32 Å². The van der Waals surface area contributed by atoms with Gasteiger partial charge < -0.3 is 15.3 Å². The van der Waals surface area contributed by atoms with Crippen LogP contribution in [0.5, 0.6) is 0 Å². The Morgan fingerprint density at radius 2 is 1.65 bits per heavy atom. The summed E-state index contributed by atoms with van der Waals surface area (Å²) in [6.45, 7) is 9.05. The summed E-state index contributed by atoms with van der Waals surface area (Å²) in [5.74, 6) is -1.13. The summed E-state index contributed by atoms with van der Waals surface area (Å²) in [6.07, 6.45) is 0. The SMILES string of the molecule is CC(=O)NC(CSCC(=O)N(C(C)C)C(C)C)C(=O)O. The zero-order valence-electron chi connectivity index (χ0n) is 12.7. The second-order valence-corrected chi connectivity index (χ2v) is 6.13. The molecule has 20 heavy (non-hydrogen) atoms. The highest BCUT2D eigenvalue weighted by atomic mass is 32.2. The number of amides is 2. The van der Waals surface area contributed by atoms with E-state index in [0.717, 1.165) is 0 Å². The van der Waals surface area contributed by atoms with Crippen molar-refractivity contribution < 1.29 is 19.5 Å². The molecule has 0 spiro atoms. The molecule has 0 rings (SSSR count). The number of hydrogen-bond acceptors (Lipinski definition) is 4. The Labute approximate surface area is 124 Å². The molecule has 0 aliphatic heterocycles. The van der Waals surface area contributed by atoms with Crippen molar-refractivity contribution in [3.63, 3.8) is 0 Å². The van der Waals surface area contributed by atoms with Gasteiger partial charge in [0.25, 0.3) is 0 Å². The largest absolute Gasteiger partial charge is 0.480 e. The van der Waals surface area contributed by atoms with Gasteiger partial charge in [-0.2, -0.15) is 0 Å². The molecule has 0 bridgehead atoms. The van der Waals surface area contributed by atoms with Crippen LogP contribution >= 0.6 is 11.8 Å². The predicted molar refractivity (Wildman–Crippen MR) is 79.7 cm³/mol. The summed E-state index contributed by atoms with van der Waals surface area (Å²) in [5, 5.41) is 11.3. The van der Waals surface area contributed by atoms with E-state index in [4.69, 9.17) is 5.11 Å². The van der Waals surface area contributed by atoms with Gasteiger partial charge in [-0.25, -0.2) is 4.79 Å². The molecule has 2 amide bonds. The number of nitrogens with zero attached hydrogens (tertiary/aromatic N) is 1. The van der Waals surface area contributed by atoms with Crippen molar-refractivity contribution in [1.82, 2.24) is 10.2 Å². The molecule has 0 aliphatic carbocycles. The van der Waals surface area contributed by atoms with Crippen molar-refractivity contribution in [2.45, 2.75) is 52.7 Å². The Bertz CT molecular complexity index is 350.